The van der Waals surface area contributed by atoms with Crippen LogP contribution >= 0.6 is 27.7 Å². The predicted molar refractivity (Wildman–Crippen MR) is 83.9 cm³/mol. The van der Waals surface area contributed by atoms with Gasteiger partial charge in [0.05, 0.1) is 6.61 Å². The second-order valence-electron chi connectivity index (χ2n) is 4.09. The molecule has 20 heavy (non-hydrogen) atoms. The molecule has 0 unspecified atom stereocenters. The van der Waals surface area contributed by atoms with E-state index in [0.29, 0.717) is 0 Å². The van der Waals surface area contributed by atoms with Crippen LogP contribution < -0.4 is 5.32 Å². The number of pyridine rings is 2. The van der Waals surface area contributed by atoms with Gasteiger partial charge in [-0.15, -0.1) is 0 Å². The number of rotatable bonds is 7. The molecule has 0 fully saturated rings. The highest BCUT2D eigenvalue weighted by molar-refractivity contribution is 9.10. The summed E-state index contributed by atoms with van der Waals surface area (Å²) in [7, 11) is 1.70. The fraction of sp³-hybridized carbons (Fsp3) is 0.286. The Morgan fingerprint density at radius 2 is 1.90 bits per heavy atom. The molecule has 1 N–H and O–H groups in total. The van der Waals surface area contributed by atoms with Crippen molar-refractivity contribution < 1.29 is 4.74 Å². The Morgan fingerprint density at radius 1 is 1.15 bits per heavy atom. The molecule has 0 spiro atoms. The molecule has 0 aliphatic carbocycles. The van der Waals surface area contributed by atoms with Crippen molar-refractivity contribution in [3.8, 4) is 0 Å². The number of aromatic nitrogens is 2. The highest BCUT2D eigenvalue weighted by Crippen LogP contribution is 2.24. The summed E-state index contributed by atoms with van der Waals surface area (Å²) in [4.78, 5) is 8.75. The van der Waals surface area contributed by atoms with Crippen LogP contribution in [0.3, 0.4) is 0 Å². The number of halogens is 1. The number of nitrogens with zero attached hydrogens (tertiary/aromatic N) is 2. The van der Waals surface area contributed by atoms with Gasteiger partial charge >= 0.3 is 0 Å². The first-order chi connectivity index (χ1) is 9.78. The topological polar surface area (TPSA) is 47.0 Å². The summed E-state index contributed by atoms with van der Waals surface area (Å²) in [5, 5.41) is 5.17. The van der Waals surface area contributed by atoms with Crippen LogP contribution in [0.15, 0.2) is 51.2 Å². The van der Waals surface area contributed by atoms with Gasteiger partial charge in [0.1, 0.15) is 10.1 Å². The minimum Gasteiger partial charge on any atom is -0.383 e. The molecule has 106 valence electrons. The average molecular weight is 354 g/mol. The van der Waals surface area contributed by atoms with Crippen LogP contribution in [-0.2, 0) is 11.3 Å². The van der Waals surface area contributed by atoms with Crippen LogP contribution in [0.4, 0.5) is 0 Å². The number of nitrogens with one attached hydrogen (secondary N) is 1. The van der Waals surface area contributed by atoms with E-state index in [2.05, 4.69) is 37.3 Å². The Balaban J connectivity index is 1.86. The van der Waals surface area contributed by atoms with Crippen LogP contribution in [0.5, 0.6) is 0 Å². The summed E-state index contributed by atoms with van der Waals surface area (Å²) >= 11 is 4.93. The fourth-order valence-corrected chi connectivity index (χ4v) is 2.44. The Morgan fingerprint density at radius 3 is 2.50 bits per heavy atom. The van der Waals surface area contributed by atoms with Crippen LogP contribution in [0.2, 0.25) is 0 Å². The van der Waals surface area contributed by atoms with Gasteiger partial charge in [-0.1, -0.05) is 17.8 Å². The molecular weight excluding hydrogens is 338 g/mol. The van der Waals surface area contributed by atoms with Gasteiger partial charge in [-0.3, -0.25) is 0 Å². The van der Waals surface area contributed by atoms with Crippen molar-refractivity contribution in [3.63, 3.8) is 0 Å². The van der Waals surface area contributed by atoms with E-state index in [1.54, 1.807) is 25.1 Å². The third-order valence-corrected chi connectivity index (χ3v) is 3.89. The number of hydrogen-bond acceptors (Lipinski definition) is 5. The summed E-state index contributed by atoms with van der Waals surface area (Å²) in [6.07, 6.45) is 3.68. The molecule has 0 bridgehead atoms. The van der Waals surface area contributed by atoms with Crippen LogP contribution in [0.1, 0.15) is 5.56 Å². The summed E-state index contributed by atoms with van der Waals surface area (Å²) in [5.41, 5.74) is 1.16. The van der Waals surface area contributed by atoms with Crippen LogP contribution in [0.25, 0.3) is 0 Å². The molecule has 2 aromatic heterocycles. The third-order valence-electron chi connectivity index (χ3n) is 2.52. The minimum atomic E-state index is 0.719. The first-order valence-corrected chi connectivity index (χ1v) is 7.83. The molecule has 0 atom stereocenters. The van der Waals surface area contributed by atoms with E-state index in [0.717, 1.165) is 39.8 Å². The molecule has 4 nitrogen and oxygen atoms in total. The summed E-state index contributed by atoms with van der Waals surface area (Å²) in [6, 6.07) is 8.04. The molecular formula is C14H16BrN3OS. The van der Waals surface area contributed by atoms with Gasteiger partial charge in [-0.05, 0) is 39.7 Å². The summed E-state index contributed by atoms with van der Waals surface area (Å²) in [5.74, 6) is 0. The van der Waals surface area contributed by atoms with Gasteiger partial charge in [0.15, 0.2) is 0 Å². The van der Waals surface area contributed by atoms with Crippen molar-refractivity contribution in [2.45, 2.75) is 16.6 Å². The standard InChI is InChI=1S/C14H16BrN3OS/c1-19-7-6-16-8-11-2-4-13(17-9-11)20-14-5-3-12(15)10-18-14/h2-5,9-10,16H,6-8H2,1H3. The Labute approximate surface area is 131 Å². The molecule has 0 radical (unpaired) electrons. The smallest absolute Gasteiger partial charge is 0.102 e. The second kappa shape index (κ2) is 8.36. The van der Waals surface area contributed by atoms with Crippen LogP contribution in [0, 0.1) is 0 Å². The SMILES string of the molecule is COCCNCc1ccc(Sc2ccc(Br)cn2)nc1. The maximum atomic E-state index is 4.98. The van der Waals surface area contributed by atoms with Crippen molar-refractivity contribution in [1.29, 1.82) is 0 Å². The quantitative estimate of drug-likeness (QED) is 0.774. The minimum absolute atomic E-state index is 0.719. The molecule has 6 heteroatoms. The highest BCUT2D eigenvalue weighted by Gasteiger charge is 2.01. The molecule has 0 amide bonds. The van der Waals surface area contributed by atoms with Crippen molar-refractivity contribution in [2.24, 2.45) is 0 Å². The lowest BCUT2D eigenvalue weighted by atomic mass is 10.3. The fourth-order valence-electron chi connectivity index (χ4n) is 1.51. The summed E-state index contributed by atoms with van der Waals surface area (Å²) < 4.78 is 5.96. The zero-order valence-electron chi connectivity index (χ0n) is 11.2. The molecule has 2 aromatic rings. The maximum absolute atomic E-state index is 4.98. The molecule has 0 aliphatic rings. The molecule has 0 aromatic carbocycles. The molecule has 2 heterocycles. The van der Waals surface area contributed by atoms with Gasteiger partial charge in [-0.2, -0.15) is 0 Å². The number of ether oxygens (including phenoxy) is 1. The van der Waals surface area contributed by atoms with Gasteiger partial charge < -0.3 is 10.1 Å². The van der Waals surface area contributed by atoms with E-state index in [4.69, 9.17) is 4.74 Å². The Kier molecular flexibility index (Phi) is 6.46. The van der Waals surface area contributed by atoms with Gasteiger partial charge in [0.2, 0.25) is 0 Å². The van der Waals surface area contributed by atoms with E-state index in [-0.39, 0.29) is 0 Å². The number of methoxy groups -OCH3 is 1. The largest absolute Gasteiger partial charge is 0.383 e. The molecule has 0 saturated carbocycles. The summed E-state index contributed by atoms with van der Waals surface area (Å²) in [6.45, 7) is 2.37. The molecule has 2 rings (SSSR count). The third kappa shape index (κ3) is 5.20. The highest BCUT2D eigenvalue weighted by atomic mass is 79.9. The first kappa shape index (κ1) is 15.4. The lowest BCUT2D eigenvalue weighted by Crippen LogP contribution is -2.18. The van der Waals surface area contributed by atoms with Gasteiger partial charge in [-0.25, -0.2) is 9.97 Å². The lowest BCUT2D eigenvalue weighted by Gasteiger charge is -2.05. The van der Waals surface area contributed by atoms with E-state index in [1.807, 2.05) is 24.4 Å². The zero-order chi connectivity index (χ0) is 14.2. The van der Waals surface area contributed by atoms with E-state index >= 15 is 0 Å². The van der Waals surface area contributed by atoms with Crippen LogP contribution in [-0.4, -0.2) is 30.2 Å². The monoisotopic (exact) mass is 353 g/mol. The van der Waals surface area contributed by atoms with Gasteiger partial charge in [0, 0.05) is 37.1 Å². The van der Waals surface area contributed by atoms with Crippen molar-refractivity contribution in [2.75, 3.05) is 20.3 Å². The zero-order valence-corrected chi connectivity index (χ0v) is 13.6. The first-order valence-electron chi connectivity index (χ1n) is 6.22. The van der Waals surface area contributed by atoms with E-state index in [1.165, 1.54) is 0 Å². The molecule has 0 aliphatic heterocycles. The van der Waals surface area contributed by atoms with E-state index < -0.39 is 0 Å². The van der Waals surface area contributed by atoms with E-state index in [9.17, 15) is 0 Å². The number of hydrogen-bond donors (Lipinski definition) is 1. The van der Waals surface area contributed by atoms with Crippen molar-refractivity contribution in [3.05, 3.63) is 46.7 Å². The van der Waals surface area contributed by atoms with Crippen molar-refractivity contribution >= 4 is 27.7 Å². The normalized spacial score (nSPS) is 10.7. The molecule has 0 saturated heterocycles. The predicted octanol–water partition coefficient (Wildman–Crippen LogP) is 3.13. The van der Waals surface area contributed by atoms with Gasteiger partial charge in [0.25, 0.3) is 0 Å². The maximum Gasteiger partial charge on any atom is 0.102 e. The Bertz CT molecular complexity index is 519. The Hall–Kier alpha value is -0.950. The van der Waals surface area contributed by atoms with Crippen molar-refractivity contribution in [1.82, 2.24) is 15.3 Å². The average Bonchev–Trinajstić information content (AvgIpc) is 2.48. The lowest BCUT2D eigenvalue weighted by molar-refractivity contribution is 0.199. The second-order valence-corrected chi connectivity index (χ2v) is 6.05.